The van der Waals surface area contributed by atoms with Gasteiger partial charge in [0, 0.05) is 11.6 Å². The summed E-state index contributed by atoms with van der Waals surface area (Å²) in [6.07, 6.45) is 4.05. The fraction of sp³-hybridized carbons (Fsp3) is 0.571. The molecule has 0 radical (unpaired) electrons. The minimum atomic E-state index is 0.478. The van der Waals surface area contributed by atoms with Gasteiger partial charge in [-0.15, -0.1) is 0 Å². The van der Waals surface area contributed by atoms with E-state index in [1.807, 2.05) is 6.07 Å². The zero-order chi connectivity index (χ0) is 11.4. The van der Waals surface area contributed by atoms with Gasteiger partial charge in [0.05, 0.1) is 0 Å². The maximum Gasteiger partial charge on any atom is 0.0438 e. The highest BCUT2D eigenvalue weighted by Crippen LogP contribution is 2.73. The van der Waals surface area contributed by atoms with Crippen LogP contribution < -0.4 is 5.32 Å². The second-order valence-electron chi connectivity index (χ2n) is 5.75. The molecule has 16 heavy (non-hydrogen) atoms. The van der Waals surface area contributed by atoms with E-state index >= 15 is 0 Å². The van der Waals surface area contributed by atoms with Gasteiger partial charge in [-0.25, -0.2) is 0 Å². The maximum absolute atomic E-state index is 6.20. The Bertz CT molecular complexity index is 419. The van der Waals surface area contributed by atoms with Crippen LogP contribution in [0.4, 0.5) is 0 Å². The molecule has 2 bridgehead atoms. The fourth-order valence-electron chi connectivity index (χ4n) is 4.03. The predicted octanol–water partition coefficient (Wildman–Crippen LogP) is 3.29. The van der Waals surface area contributed by atoms with E-state index in [4.69, 9.17) is 11.6 Å². The van der Waals surface area contributed by atoms with Crippen LogP contribution in [0.1, 0.15) is 30.4 Å². The second kappa shape index (κ2) is 3.24. The molecule has 3 fully saturated rings. The minimum absolute atomic E-state index is 0.478. The van der Waals surface area contributed by atoms with Crippen molar-refractivity contribution in [3.05, 3.63) is 34.3 Å². The molecule has 0 spiro atoms. The van der Waals surface area contributed by atoms with Crippen molar-refractivity contribution in [1.29, 1.82) is 0 Å². The number of hydrogen-bond donors (Lipinski definition) is 1. The number of benzene rings is 1. The van der Waals surface area contributed by atoms with E-state index in [-0.39, 0.29) is 0 Å². The van der Waals surface area contributed by atoms with Gasteiger partial charge in [-0.2, -0.15) is 0 Å². The van der Waals surface area contributed by atoms with Crippen LogP contribution >= 0.6 is 11.6 Å². The van der Waals surface area contributed by atoms with Gasteiger partial charge in [-0.05, 0) is 61.3 Å². The van der Waals surface area contributed by atoms with Crippen molar-refractivity contribution >= 4 is 11.6 Å². The lowest BCUT2D eigenvalue weighted by Gasteiger charge is -2.71. The van der Waals surface area contributed by atoms with E-state index in [1.165, 1.54) is 36.9 Å². The Morgan fingerprint density at radius 3 is 2.62 bits per heavy atom. The molecule has 3 saturated carbocycles. The first-order valence-electron chi connectivity index (χ1n) is 6.01. The Morgan fingerprint density at radius 1 is 1.31 bits per heavy atom. The fourth-order valence-corrected chi connectivity index (χ4v) is 4.20. The summed E-state index contributed by atoms with van der Waals surface area (Å²) < 4.78 is 0. The minimum Gasteiger partial charge on any atom is -0.319 e. The topological polar surface area (TPSA) is 12.0 Å². The smallest absolute Gasteiger partial charge is 0.0438 e. The van der Waals surface area contributed by atoms with E-state index in [1.54, 1.807) is 0 Å². The third-order valence-electron chi connectivity index (χ3n) is 4.53. The molecule has 0 atom stereocenters. The van der Waals surface area contributed by atoms with Gasteiger partial charge < -0.3 is 5.32 Å². The normalized spacial score (nSPS) is 35.4. The van der Waals surface area contributed by atoms with E-state index in [9.17, 15) is 0 Å². The molecule has 0 aromatic heterocycles. The van der Waals surface area contributed by atoms with E-state index in [2.05, 4.69) is 31.4 Å². The summed E-state index contributed by atoms with van der Waals surface area (Å²) in [4.78, 5) is 0. The second-order valence-corrected chi connectivity index (χ2v) is 6.16. The Kier molecular flexibility index (Phi) is 2.15. The molecule has 1 aromatic carbocycles. The molecular weight excluding hydrogens is 218 g/mol. The van der Waals surface area contributed by atoms with Gasteiger partial charge in [-0.1, -0.05) is 23.7 Å². The first kappa shape index (κ1) is 10.6. The summed E-state index contributed by atoms with van der Waals surface area (Å²) in [6, 6.07) is 6.36. The Morgan fingerprint density at radius 2 is 2.00 bits per heavy atom. The summed E-state index contributed by atoms with van der Waals surface area (Å²) in [7, 11) is 2.05. The third-order valence-corrected chi connectivity index (χ3v) is 4.94. The highest BCUT2D eigenvalue weighted by atomic mass is 35.5. The summed E-state index contributed by atoms with van der Waals surface area (Å²) in [6.45, 7) is 3.33. The molecule has 0 amide bonds. The molecule has 3 aliphatic rings. The maximum atomic E-state index is 6.20. The van der Waals surface area contributed by atoms with Crippen molar-refractivity contribution in [3.8, 4) is 0 Å². The quantitative estimate of drug-likeness (QED) is 0.848. The number of hydrogen-bond acceptors (Lipinski definition) is 1. The lowest BCUT2D eigenvalue weighted by Crippen LogP contribution is -2.67. The van der Waals surface area contributed by atoms with E-state index in [0.717, 1.165) is 5.02 Å². The van der Waals surface area contributed by atoms with Gasteiger partial charge in [0.25, 0.3) is 0 Å². The molecule has 1 aromatic rings. The molecular formula is C14H18ClN. The molecule has 1 nitrogen and oxygen atoms in total. The van der Waals surface area contributed by atoms with Crippen molar-refractivity contribution in [2.24, 2.45) is 5.41 Å². The van der Waals surface area contributed by atoms with Gasteiger partial charge in [0.15, 0.2) is 0 Å². The average Bonchev–Trinajstić information content (AvgIpc) is 2.14. The number of nitrogens with one attached hydrogen (secondary N) is 1. The molecule has 2 heteroatoms. The molecule has 0 unspecified atom stereocenters. The van der Waals surface area contributed by atoms with E-state index in [0.29, 0.717) is 10.8 Å². The van der Waals surface area contributed by atoms with Crippen molar-refractivity contribution in [1.82, 2.24) is 5.32 Å². The highest BCUT2D eigenvalue weighted by molar-refractivity contribution is 6.31. The third kappa shape index (κ3) is 1.22. The molecule has 3 aliphatic carbocycles. The van der Waals surface area contributed by atoms with Crippen LogP contribution in [-0.2, 0) is 5.41 Å². The van der Waals surface area contributed by atoms with Crippen LogP contribution in [0.2, 0.25) is 5.02 Å². The first-order chi connectivity index (χ1) is 7.61. The molecule has 1 N–H and O–H groups in total. The van der Waals surface area contributed by atoms with Crippen molar-refractivity contribution in [3.63, 3.8) is 0 Å². The summed E-state index contributed by atoms with van der Waals surface area (Å²) in [5.74, 6) is 0. The Balaban J connectivity index is 1.85. The standard InChI is InChI=1S/C14H18ClN/c1-10-11(4-3-5-12(10)15)14-6-13(7-14,8-14)9-16-2/h3-5,16H,6-9H2,1-2H3. The number of rotatable bonds is 3. The number of halogens is 1. The zero-order valence-corrected chi connectivity index (χ0v) is 10.7. The average molecular weight is 236 g/mol. The molecule has 4 rings (SSSR count). The van der Waals surface area contributed by atoms with Crippen LogP contribution in [-0.4, -0.2) is 13.6 Å². The Labute approximate surface area is 102 Å². The summed E-state index contributed by atoms with van der Waals surface area (Å²) >= 11 is 6.20. The highest BCUT2D eigenvalue weighted by Gasteiger charge is 2.67. The largest absolute Gasteiger partial charge is 0.319 e. The summed E-state index contributed by atoms with van der Waals surface area (Å²) in [5.41, 5.74) is 3.88. The van der Waals surface area contributed by atoms with Gasteiger partial charge in [-0.3, -0.25) is 0 Å². The van der Waals surface area contributed by atoms with Crippen molar-refractivity contribution < 1.29 is 0 Å². The van der Waals surface area contributed by atoms with Crippen LogP contribution in [0.5, 0.6) is 0 Å². The van der Waals surface area contributed by atoms with Crippen LogP contribution in [0.3, 0.4) is 0 Å². The van der Waals surface area contributed by atoms with Crippen LogP contribution in [0, 0.1) is 12.3 Å². The molecule has 0 saturated heterocycles. The SMILES string of the molecule is CNCC12CC(c3cccc(Cl)c3C)(C1)C2. The monoisotopic (exact) mass is 235 g/mol. The van der Waals surface area contributed by atoms with Gasteiger partial charge >= 0.3 is 0 Å². The van der Waals surface area contributed by atoms with E-state index < -0.39 is 0 Å². The molecule has 0 heterocycles. The first-order valence-corrected chi connectivity index (χ1v) is 6.39. The molecule has 0 aliphatic heterocycles. The van der Waals surface area contributed by atoms with Crippen molar-refractivity contribution in [2.75, 3.05) is 13.6 Å². The van der Waals surface area contributed by atoms with Crippen LogP contribution in [0.15, 0.2) is 18.2 Å². The molecule has 86 valence electrons. The zero-order valence-electron chi connectivity index (χ0n) is 9.94. The Hall–Kier alpha value is -0.530. The van der Waals surface area contributed by atoms with Crippen molar-refractivity contribution in [2.45, 2.75) is 31.6 Å². The predicted molar refractivity (Wildman–Crippen MR) is 68.1 cm³/mol. The van der Waals surface area contributed by atoms with Gasteiger partial charge in [0.1, 0.15) is 0 Å². The summed E-state index contributed by atoms with van der Waals surface area (Å²) in [5, 5.41) is 4.24. The van der Waals surface area contributed by atoms with Crippen LogP contribution in [0.25, 0.3) is 0 Å². The lowest BCUT2D eigenvalue weighted by atomic mass is 9.33. The lowest BCUT2D eigenvalue weighted by molar-refractivity contribution is -0.137. The van der Waals surface area contributed by atoms with Gasteiger partial charge in [0.2, 0.25) is 0 Å².